The monoisotopic (exact) mass is 289 g/mol. The van der Waals surface area contributed by atoms with Crippen LogP contribution in [0.3, 0.4) is 0 Å². The summed E-state index contributed by atoms with van der Waals surface area (Å²) in [6.45, 7) is 7.97. The number of nitrogens with zero attached hydrogens (tertiary/aromatic N) is 3. The van der Waals surface area contributed by atoms with Gasteiger partial charge in [0.1, 0.15) is 5.82 Å². The number of hydrogen-bond acceptors (Lipinski definition) is 4. The quantitative estimate of drug-likeness (QED) is 0.790. The molecule has 3 rings (SSSR count). The summed E-state index contributed by atoms with van der Waals surface area (Å²) in [7, 11) is -0.489. The third-order valence-corrected chi connectivity index (χ3v) is 4.07. The van der Waals surface area contributed by atoms with Crippen LogP contribution in [0.2, 0.25) is 0 Å². The van der Waals surface area contributed by atoms with Crippen molar-refractivity contribution in [2.24, 2.45) is 0 Å². The van der Waals surface area contributed by atoms with Gasteiger partial charge in [0.15, 0.2) is 5.82 Å². The molecule has 0 amide bonds. The van der Waals surface area contributed by atoms with Crippen LogP contribution in [0.15, 0.2) is 30.7 Å². The Balaban J connectivity index is 1.87. The van der Waals surface area contributed by atoms with Crippen molar-refractivity contribution in [2.45, 2.75) is 38.9 Å². The minimum atomic E-state index is -0.489. The zero-order valence-electron chi connectivity index (χ0n) is 12.5. The highest BCUT2D eigenvalue weighted by molar-refractivity contribution is 6.62. The van der Waals surface area contributed by atoms with E-state index in [2.05, 4.69) is 10.1 Å². The molecule has 0 bridgehead atoms. The summed E-state index contributed by atoms with van der Waals surface area (Å²) in [5.74, 6) is 0.0606. The van der Waals surface area contributed by atoms with Gasteiger partial charge >= 0.3 is 7.12 Å². The van der Waals surface area contributed by atoms with Crippen LogP contribution >= 0.6 is 0 Å². The molecule has 7 heteroatoms. The fraction of sp³-hybridized carbons (Fsp3) is 0.429. The van der Waals surface area contributed by atoms with Crippen molar-refractivity contribution in [3.63, 3.8) is 0 Å². The summed E-state index contributed by atoms with van der Waals surface area (Å²) in [4.78, 5) is 4.09. The molecule has 0 aromatic carbocycles. The first kappa shape index (κ1) is 14.2. The van der Waals surface area contributed by atoms with Gasteiger partial charge in [-0.15, -0.1) is 0 Å². The van der Waals surface area contributed by atoms with Crippen LogP contribution in [0.1, 0.15) is 27.7 Å². The molecule has 0 atom stereocenters. The zero-order valence-corrected chi connectivity index (χ0v) is 12.5. The van der Waals surface area contributed by atoms with Crippen LogP contribution < -0.4 is 5.46 Å². The second kappa shape index (κ2) is 4.64. The first-order chi connectivity index (χ1) is 9.78. The Labute approximate surface area is 123 Å². The van der Waals surface area contributed by atoms with Crippen LogP contribution in [0.5, 0.6) is 0 Å². The van der Waals surface area contributed by atoms with Gasteiger partial charge in [-0.1, -0.05) is 0 Å². The van der Waals surface area contributed by atoms with Gasteiger partial charge in [-0.05, 0) is 33.8 Å². The summed E-state index contributed by atoms with van der Waals surface area (Å²) in [5, 5.41) is 4.20. The maximum absolute atomic E-state index is 13.2. The van der Waals surface area contributed by atoms with Gasteiger partial charge in [0.2, 0.25) is 0 Å². The van der Waals surface area contributed by atoms with E-state index in [1.807, 2.05) is 27.7 Å². The summed E-state index contributed by atoms with van der Waals surface area (Å²) in [5.41, 5.74) is -0.0343. The molecule has 1 saturated heterocycles. The molecule has 1 fully saturated rings. The third kappa shape index (κ3) is 2.47. The van der Waals surface area contributed by atoms with Crippen LogP contribution in [0.25, 0.3) is 5.82 Å². The summed E-state index contributed by atoms with van der Waals surface area (Å²) in [6, 6.07) is 2.61. The first-order valence-electron chi connectivity index (χ1n) is 6.81. The highest BCUT2D eigenvalue weighted by Crippen LogP contribution is 2.36. The molecule has 1 aliphatic heterocycles. The van der Waals surface area contributed by atoms with Crippen molar-refractivity contribution in [3.8, 4) is 5.82 Å². The Bertz CT molecular complexity index is 656. The number of aromatic nitrogens is 3. The lowest BCUT2D eigenvalue weighted by molar-refractivity contribution is 0.00578. The van der Waals surface area contributed by atoms with Crippen molar-refractivity contribution in [3.05, 3.63) is 36.5 Å². The molecule has 3 heterocycles. The van der Waals surface area contributed by atoms with Crippen LogP contribution in [0, 0.1) is 5.82 Å². The Morgan fingerprint density at radius 1 is 1.19 bits per heavy atom. The van der Waals surface area contributed by atoms with E-state index in [1.54, 1.807) is 12.4 Å². The van der Waals surface area contributed by atoms with Gasteiger partial charge in [0.05, 0.1) is 11.2 Å². The van der Waals surface area contributed by atoms with Crippen LogP contribution in [-0.4, -0.2) is 33.1 Å². The lowest BCUT2D eigenvalue weighted by Gasteiger charge is -2.32. The second-order valence-corrected chi connectivity index (χ2v) is 6.14. The fourth-order valence-electron chi connectivity index (χ4n) is 2.08. The molecule has 0 N–H and O–H groups in total. The molecule has 0 unspecified atom stereocenters. The molecule has 0 aliphatic carbocycles. The smallest absolute Gasteiger partial charge is 0.399 e. The molecule has 0 spiro atoms. The third-order valence-electron chi connectivity index (χ3n) is 4.07. The Morgan fingerprint density at radius 2 is 1.86 bits per heavy atom. The van der Waals surface area contributed by atoms with E-state index in [1.165, 1.54) is 23.0 Å². The first-order valence-corrected chi connectivity index (χ1v) is 6.81. The van der Waals surface area contributed by atoms with E-state index >= 15 is 0 Å². The van der Waals surface area contributed by atoms with E-state index < -0.39 is 18.3 Å². The second-order valence-electron chi connectivity index (χ2n) is 6.14. The lowest BCUT2D eigenvalue weighted by Crippen LogP contribution is -2.41. The summed E-state index contributed by atoms with van der Waals surface area (Å²) < 4.78 is 26.6. The minimum absolute atomic E-state index is 0.354. The fourth-order valence-corrected chi connectivity index (χ4v) is 2.08. The topological polar surface area (TPSA) is 49.2 Å². The van der Waals surface area contributed by atoms with E-state index in [0.717, 1.165) is 5.46 Å². The average molecular weight is 289 g/mol. The molecule has 21 heavy (non-hydrogen) atoms. The van der Waals surface area contributed by atoms with Gasteiger partial charge < -0.3 is 9.31 Å². The summed E-state index contributed by atoms with van der Waals surface area (Å²) >= 11 is 0. The number of rotatable bonds is 2. The maximum atomic E-state index is 13.2. The van der Waals surface area contributed by atoms with E-state index in [4.69, 9.17) is 9.31 Å². The molecule has 2 aromatic heterocycles. The zero-order chi connectivity index (χ0) is 15.3. The molecule has 2 aromatic rings. The van der Waals surface area contributed by atoms with Crippen LogP contribution in [-0.2, 0) is 9.31 Å². The highest BCUT2D eigenvalue weighted by atomic mass is 19.1. The van der Waals surface area contributed by atoms with E-state index in [9.17, 15) is 4.39 Å². The average Bonchev–Trinajstić information content (AvgIpc) is 2.93. The molecule has 5 nitrogen and oxygen atoms in total. The standard InChI is InChI=1S/C14H17BFN3O2/c1-13(2)14(3,4)21-15(20-13)10-8-18-19(9-10)12-7-11(16)5-6-17-12/h5-9H,1-4H3. The van der Waals surface area contributed by atoms with Crippen molar-refractivity contribution in [2.75, 3.05) is 0 Å². The van der Waals surface area contributed by atoms with Gasteiger partial charge in [-0.25, -0.2) is 14.1 Å². The van der Waals surface area contributed by atoms with Crippen LogP contribution in [0.4, 0.5) is 4.39 Å². The Morgan fingerprint density at radius 3 is 2.48 bits per heavy atom. The normalized spacial score (nSPS) is 20.0. The van der Waals surface area contributed by atoms with Crippen molar-refractivity contribution >= 4 is 12.6 Å². The number of halogens is 1. The Kier molecular flexibility index (Phi) is 3.14. The van der Waals surface area contributed by atoms with Crippen molar-refractivity contribution in [1.29, 1.82) is 0 Å². The van der Waals surface area contributed by atoms with Gasteiger partial charge in [0.25, 0.3) is 0 Å². The van der Waals surface area contributed by atoms with E-state index in [0.29, 0.717) is 5.82 Å². The van der Waals surface area contributed by atoms with Gasteiger partial charge in [-0.3, -0.25) is 0 Å². The summed E-state index contributed by atoms with van der Waals surface area (Å²) in [6.07, 6.45) is 4.79. The maximum Gasteiger partial charge on any atom is 0.498 e. The van der Waals surface area contributed by atoms with E-state index in [-0.39, 0.29) is 5.82 Å². The molecule has 1 aliphatic rings. The predicted octanol–water partition coefficient (Wildman–Crippen LogP) is 1.71. The molecule has 0 radical (unpaired) electrons. The SMILES string of the molecule is CC1(C)OB(c2cnn(-c3cc(F)ccn3)c2)OC1(C)C. The van der Waals surface area contributed by atoms with Crippen molar-refractivity contribution in [1.82, 2.24) is 14.8 Å². The van der Waals surface area contributed by atoms with Crippen molar-refractivity contribution < 1.29 is 13.7 Å². The van der Waals surface area contributed by atoms with Gasteiger partial charge in [0, 0.05) is 30.1 Å². The molecular weight excluding hydrogens is 272 g/mol. The largest absolute Gasteiger partial charge is 0.498 e. The lowest BCUT2D eigenvalue weighted by atomic mass is 9.82. The highest BCUT2D eigenvalue weighted by Gasteiger charge is 2.52. The molecule has 0 saturated carbocycles. The minimum Gasteiger partial charge on any atom is -0.399 e. The van der Waals surface area contributed by atoms with Gasteiger partial charge in [-0.2, -0.15) is 5.10 Å². The predicted molar refractivity (Wildman–Crippen MR) is 77.0 cm³/mol. The Hall–Kier alpha value is -1.73. The molecular formula is C14H17BFN3O2. The number of hydrogen-bond donors (Lipinski definition) is 0. The molecule has 110 valence electrons. The number of pyridine rings is 1.